The molecular weight excluding hydrogens is 256 g/mol. The van der Waals surface area contributed by atoms with Crippen LogP contribution in [-0.4, -0.2) is 29.6 Å². The molecule has 0 spiro atoms. The minimum Gasteiger partial charge on any atom is -0.346 e. The summed E-state index contributed by atoms with van der Waals surface area (Å²) in [6.45, 7) is 2.29. The van der Waals surface area contributed by atoms with E-state index in [-0.39, 0.29) is 0 Å². The Balaban J connectivity index is 2.08. The van der Waals surface area contributed by atoms with E-state index in [2.05, 4.69) is 25.8 Å². The second-order valence-electron chi connectivity index (χ2n) is 2.55. The van der Waals surface area contributed by atoms with E-state index in [0.29, 0.717) is 0 Å². The maximum Gasteiger partial charge on any atom is 0.186 e. The van der Waals surface area contributed by atoms with E-state index < -0.39 is 0 Å². The molecular formula is C7H9BrN2S2. The molecule has 1 fully saturated rings. The molecule has 0 atom stereocenters. The predicted octanol–water partition coefficient (Wildman–Crippen LogP) is 2.46. The summed E-state index contributed by atoms with van der Waals surface area (Å²) in [5.41, 5.74) is 0. The van der Waals surface area contributed by atoms with Gasteiger partial charge >= 0.3 is 0 Å². The fourth-order valence-corrected chi connectivity index (χ4v) is 3.35. The third kappa shape index (κ3) is 1.95. The molecule has 0 bridgehead atoms. The van der Waals surface area contributed by atoms with Crippen LogP contribution in [0.25, 0.3) is 0 Å². The molecule has 0 aromatic carbocycles. The van der Waals surface area contributed by atoms with Crippen molar-refractivity contribution in [3.8, 4) is 0 Å². The van der Waals surface area contributed by atoms with E-state index >= 15 is 0 Å². The molecule has 0 amide bonds. The SMILES string of the molecule is Brc1csc(N2CCSCC2)n1. The Kier molecular flexibility index (Phi) is 2.93. The molecule has 1 aliphatic heterocycles. The van der Waals surface area contributed by atoms with Gasteiger partial charge in [-0.1, -0.05) is 0 Å². The third-order valence-electron chi connectivity index (χ3n) is 1.75. The lowest BCUT2D eigenvalue weighted by atomic mass is 10.5. The second-order valence-corrected chi connectivity index (χ2v) is 5.43. The molecule has 66 valence electrons. The van der Waals surface area contributed by atoms with Crippen LogP contribution < -0.4 is 4.90 Å². The van der Waals surface area contributed by atoms with Crippen LogP contribution in [0.15, 0.2) is 9.98 Å². The first-order valence-corrected chi connectivity index (χ1v) is 6.63. The molecule has 0 radical (unpaired) electrons. The summed E-state index contributed by atoms with van der Waals surface area (Å²) < 4.78 is 0.959. The van der Waals surface area contributed by atoms with Crippen LogP contribution in [0, 0.1) is 0 Å². The van der Waals surface area contributed by atoms with Crippen molar-refractivity contribution in [3.05, 3.63) is 9.98 Å². The van der Waals surface area contributed by atoms with Crippen LogP contribution in [0.5, 0.6) is 0 Å². The van der Waals surface area contributed by atoms with E-state index in [4.69, 9.17) is 0 Å². The van der Waals surface area contributed by atoms with E-state index in [9.17, 15) is 0 Å². The Morgan fingerprint density at radius 3 is 2.75 bits per heavy atom. The quantitative estimate of drug-likeness (QED) is 0.776. The highest BCUT2D eigenvalue weighted by atomic mass is 79.9. The minimum atomic E-state index is 0.959. The fourth-order valence-electron chi connectivity index (χ4n) is 1.15. The first kappa shape index (κ1) is 8.84. The second kappa shape index (κ2) is 3.98. The lowest BCUT2D eigenvalue weighted by molar-refractivity contribution is 0.851. The van der Waals surface area contributed by atoms with Gasteiger partial charge in [0.05, 0.1) is 0 Å². The monoisotopic (exact) mass is 264 g/mol. The number of thiazole rings is 1. The van der Waals surface area contributed by atoms with Gasteiger partial charge in [0.25, 0.3) is 0 Å². The van der Waals surface area contributed by atoms with Crippen LogP contribution in [0.2, 0.25) is 0 Å². The van der Waals surface area contributed by atoms with Crippen molar-refractivity contribution >= 4 is 44.2 Å². The molecule has 1 aliphatic rings. The molecule has 1 saturated heterocycles. The van der Waals surface area contributed by atoms with Gasteiger partial charge in [0.1, 0.15) is 4.60 Å². The van der Waals surface area contributed by atoms with Gasteiger partial charge in [0.15, 0.2) is 5.13 Å². The van der Waals surface area contributed by atoms with Crippen molar-refractivity contribution in [2.75, 3.05) is 29.5 Å². The highest BCUT2D eigenvalue weighted by Crippen LogP contribution is 2.25. The highest BCUT2D eigenvalue weighted by molar-refractivity contribution is 9.10. The first-order chi connectivity index (χ1) is 5.86. The minimum absolute atomic E-state index is 0.959. The van der Waals surface area contributed by atoms with Crippen LogP contribution in [0.1, 0.15) is 0 Å². The lowest BCUT2D eigenvalue weighted by Gasteiger charge is -2.25. The zero-order valence-corrected chi connectivity index (χ0v) is 9.71. The number of hydrogen-bond donors (Lipinski definition) is 0. The van der Waals surface area contributed by atoms with Gasteiger partial charge in [0.2, 0.25) is 0 Å². The Morgan fingerprint density at radius 2 is 2.17 bits per heavy atom. The molecule has 5 heteroatoms. The van der Waals surface area contributed by atoms with Crippen molar-refractivity contribution < 1.29 is 0 Å². The van der Waals surface area contributed by atoms with E-state index in [1.807, 2.05) is 17.1 Å². The van der Waals surface area contributed by atoms with Crippen molar-refractivity contribution in [2.45, 2.75) is 0 Å². The lowest BCUT2D eigenvalue weighted by Crippen LogP contribution is -2.32. The predicted molar refractivity (Wildman–Crippen MR) is 59.4 cm³/mol. The number of rotatable bonds is 1. The number of halogens is 1. The van der Waals surface area contributed by atoms with Gasteiger partial charge in [-0.3, -0.25) is 0 Å². The zero-order valence-electron chi connectivity index (χ0n) is 6.49. The van der Waals surface area contributed by atoms with Crippen LogP contribution in [0.3, 0.4) is 0 Å². The molecule has 12 heavy (non-hydrogen) atoms. The molecule has 0 aliphatic carbocycles. The average molecular weight is 265 g/mol. The highest BCUT2D eigenvalue weighted by Gasteiger charge is 2.13. The number of hydrogen-bond acceptors (Lipinski definition) is 4. The Morgan fingerprint density at radius 1 is 1.42 bits per heavy atom. The average Bonchev–Trinajstić information content (AvgIpc) is 2.54. The zero-order chi connectivity index (χ0) is 8.39. The fraction of sp³-hybridized carbons (Fsp3) is 0.571. The molecule has 2 nitrogen and oxygen atoms in total. The van der Waals surface area contributed by atoms with Crippen molar-refractivity contribution in [1.29, 1.82) is 0 Å². The Bertz CT molecular complexity index is 258. The van der Waals surface area contributed by atoms with Crippen molar-refractivity contribution in [2.24, 2.45) is 0 Å². The summed E-state index contributed by atoms with van der Waals surface area (Å²) in [6.07, 6.45) is 0. The van der Waals surface area contributed by atoms with Crippen LogP contribution >= 0.6 is 39.0 Å². The summed E-state index contributed by atoms with van der Waals surface area (Å²) in [4.78, 5) is 6.74. The third-order valence-corrected chi connectivity index (χ3v) is 4.30. The van der Waals surface area contributed by atoms with Gasteiger partial charge in [0, 0.05) is 30.0 Å². The maximum atomic E-state index is 4.39. The topological polar surface area (TPSA) is 16.1 Å². The molecule has 0 unspecified atom stereocenters. The number of nitrogens with zero attached hydrogens (tertiary/aromatic N) is 2. The van der Waals surface area contributed by atoms with Gasteiger partial charge in [-0.25, -0.2) is 4.98 Å². The summed E-state index contributed by atoms with van der Waals surface area (Å²) >= 11 is 7.10. The molecule has 0 saturated carbocycles. The summed E-state index contributed by atoms with van der Waals surface area (Å²) in [5, 5.41) is 3.19. The van der Waals surface area contributed by atoms with Gasteiger partial charge in [-0.15, -0.1) is 11.3 Å². The maximum absolute atomic E-state index is 4.39. The van der Waals surface area contributed by atoms with E-state index in [0.717, 1.165) is 22.8 Å². The molecule has 2 rings (SSSR count). The Labute approximate surface area is 88.5 Å². The van der Waals surface area contributed by atoms with Gasteiger partial charge < -0.3 is 4.90 Å². The van der Waals surface area contributed by atoms with E-state index in [1.165, 1.54) is 11.5 Å². The van der Waals surface area contributed by atoms with Crippen LogP contribution in [0.4, 0.5) is 5.13 Å². The molecule has 0 N–H and O–H groups in total. The van der Waals surface area contributed by atoms with Gasteiger partial charge in [-0.2, -0.15) is 11.8 Å². The number of anilines is 1. The van der Waals surface area contributed by atoms with E-state index in [1.54, 1.807) is 11.3 Å². The summed E-state index contributed by atoms with van der Waals surface area (Å²) in [6, 6.07) is 0. The van der Waals surface area contributed by atoms with Crippen molar-refractivity contribution in [3.63, 3.8) is 0 Å². The summed E-state index contributed by atoms with van der Waals surface area (Å²) in [5.74, 6) is 2.47. The molecule has 1 aromatic rings. The van der Waals surface area contributed by atoms with Crippen molar-refractivity contribution in [1.82, 2.24) is 4.98 Å². The molecule has 2 heterocycles. The number of aromatic nitrogens is 1. The Hall–Kier alpha value is 0.260. The van der Waals surface area contributed by atoms with Gasteiger partial charge in [-0.05, 0) is 15.9 Å². The normalized spacial score (nSPS) is 18.2. The molecule has 1 aromatic heterocycles. The number of thioether (sulfide) groups is 1. The van der Waals surface area contributed by atoms with Crippen LogP contribution in [-0.2, 0) is 0 Å². The largest absolute Gasteiger partial charge is 0.346 e. The summed E-state index contributed by atoms with van der Waals surface area (Å²) in [7, 11) is 0. The first-order valence-electron chi connectivity index (χ1n) is 3.80. The smallest absolute Gasteiger partial charge is 0.186 e. The standard InChI is InChI=1S/C7H9BrN2S2/c8-6-5-12-7(9-6)10-1-3-11-4-2-10/h5H,1-4H2.